The third kappa shape index (κ3) is 4.24. The fraction of sp³-hybridized carbons (Fsp3) is 0.381. The Morgan fingerprint density at radius 3 is 2.46 bits per heavy atom. The van der Waals surface area contributed by atoms with Crippen molar-refractivity contribution >= 4 is 23.4 Å². The van der Waals surface area contributed by atoms with E-state index in [1.165, 1.54) is 6.26 Å². The summed E-state index contributed by atoms with van der Waals surface area (Å²) in [5.74, 6) is 0.192. The zero-order chi connectivity index (χ0) is 19.5. The van der Waals surface area contributed by atoms with Crippen LogP contribution < -0.4 is 10.6 Å². The minimum absolute atomic E-state index is 0.0119. The van der Waals surface area contributed by atoms with E-state index < -0.39 is 0 Å². The summed E-state index contributed by atoms with van der Waals surface area (Å²) in [6, 6.07) is 10.4. The van der Waals surface area contributed by atoms with Crippen LogP contribution in [-0.2, 0) is 4.79 Å². The van der Waals surface area contributed by atoms with Crippen LogP contribution in [0.3, 0.4) is 0 Å². The van der Waals surface area contributed by atoms with Crippen molar-refractivity contribution in [3.05, 3.63) is 54.0 Å². The first-order valence-corrected chi connectivity index (χ1v) is 9.65. The number of benzene rings is 1. The first-order valence-electron chi connectivity index (χ1n) is 9.65. The van der Waals surface area contributed by atoms with Crippen LogP contribution in [0.2, 0.25) is 0 Å². The van der Waals surface area contributed by atoms with Crippen molar-refractivity contribution in [1.82, 2.24) is 10.2 Å². The molecule has 0 bridgehead atoms. The third-order valence-corrected chi connectivity index (χ3v) is 5.19. The Kier molecular flexibility index (Phi) is 5.14. The molecule has 28 heavy (non-hydrogen) atoms. The minimum atomic E-state index is -0.168. The SMILES string of the molecule is O=C(NC1CCN(C(=O)c2ccco2)CC1)c1cccc(NC(=O)C2CC2)c1. The van der Waals surface area contributed by atoms with Crippen molar-refractivity contribution in [3.8, 4) is 0 Å². The molecule has 1 aromatic carbocycles. The maximum absolute atomic E-state index is 12.6. The number of hydrogen-bond donors (Lipinski definition) is 2. The molecule has 4 rings (SSSR count). The number of amides is 3. The van der Waals surface area contributed by atoms with Gasteiger partial charge in [-0.05, 0) is 56.0 Å². The van der Waals surface area contributed by atoms with Crippen molar-refractivity contribution in [2.75, 3.05) is 18.4 Å². The van der Waals surface area contributed by atoms with Gasteiger partial charge in [0.2, 0.25) is 5.91 Å². The molecule has 2 fully saturated rings. The van der Waals surface area contributed by atoms with Gasteiger partial charge < -0.3 is 20.0 Å². The molecule has 2 heterocycles. The fourth-order valence-electron chi connectivity index (χ4n) is 3.38. The third-order valence-electron chi connectivity index (χ3n) is 5.19. The molecule has 0 radical (unpaired) electrons. The summed E-state index contributed by atoms with van der Waals surface area (Å²) in [6.07, 6.45) is 4.74. The molecule has 3 amide bonds. The molecule has 2 aromatic rings. The molecular formula is C21H23N3O4. The molecule has 1 aliphatic carbocycles. The second-order valence-corrected chi connectivity index (χ2v) is 7.36. The lowest BCUT2D eigenvalue weighted by Crippen LogP contribution is -2.46. The second kappa shape index (κ2) is 7.88. The van der Waals surface area contributed by atoms with E-state index >= 15 is 0 Å². The number of rotatable bonds is 5. The fourth-order valence-corrected chi connectivity index (χ4v) is 3.38. The molecule has 7 nitrogen and oxygen atoms in total. The van der Waals surface area contributed by atoms with Crippen LogP contribution in [0.5, 0.6) is 0 Å². The van der Waals surface area contributed by atoms with Crippen LogP contribution in [0.1, 0.15) is 46.6 Å². The number of hydrogen-bond acceptors (Lipinski definition) is 4. The number of piperidine rings is 1. The summed E-state index contributed by atoms with van der Waals surface area (Å²) in [5.41, 5.74) is 1.16. The van der Waals surface area contributed by atoms with Crippen LogP contribution in [0, 0.1) is 5.92 Å². The smallest absolute Gasteiger partial charge is 0.289 e. The zero-order valence-electron chi connectivity index (χ0n) is 15.5. The van der Waals surface area contributed by atoms with Gasteiger partial charge in [-0.25, -0.2) is 0 Å². The normalized spacial score (nSPS) is 17.2. The van der Waals surface area contributed by atoms with E-state index in [0.717, 1.165) is 12.8 Å². The highest BCUT2D eigenvalue weighted by atomic mass is 16.3. The quantitative estimate of drug-likeness (QED) is 0.833. The first kappa shape index (κ1) is 18.3. The Morgan fingerprint density at radius 1 is 1.00 bits per heavy atom. The molecule has 1 saturated carbocycles. The summed E-state index contributed by atoms with van der Waals surface area (Å²) in [5, 5.41) is 5.89. The summed E-state index contributed by atoms with van der Waals surface area (Å²) in [4.78, 5) is 38.5. The van der Waals surface area contributed by atoms with Crippen molar-refractivity contribution in [3.63, 3.8) is 0 Å². The summed E-state index contributed by atoms with van der Waals surface area (Å²) in [6.45, 7) is 1.14. The van der Waals surface area contributed by atoms with E-state index in [-0.39, 0.29) is 29.7 Å². The van der Waals surface area contributed by atoms with Crippen LogP contribution in [0.4, 0.5) is 5.69 Å². The molecule has 1 aliphatic heterocycles. The topological polar surface area (TPSA) is 91.7 Å². The maximum atomic E-state index is 12.6. The maximum Gasteiger partial charge on any atom is 0.289 e. The molecule has 0 spiro atoms. The highest BCUT2D eigenvalue weighted by molar-refractivity contribution is 5.98. The number of anilines is 1. The molecule has 146 valence electrons. The molecule has 0 unspecified atom stereocenters. The van der Waals surface area contributed by atoms with Gasteiger partial charge in [0.25, 0.3) is 11.8 Å². The Hall–Kier alpha value is -3.09. The molecule has 0 atom stereocenters. The van der Waals surface area contributed by atoms with Gasteiger partial charge in [-0.3, -0.25) is 14.4 Å². The average Bonchev–Trinajstić information content (AvgIpc) is 3.43. The molecule has 2 N–H and O–H groups in total. The van der Waals surface area contributed by atoms with Crippen LogP contribution in [-0.4, -0.2) is 41.8 Å². The van der Waals surface area contributed by atoms with Crippen LogP contribution in [0.25, 0.3) is 0 Å². The monoisotopic (exact) mass is 381 g/mol. The van der Waals surface area contributed by atoms with E-state index in [9.17, 15) is 14.4 Å². The van der Waals surface area contributed by atoms with Gasteiger partial charge in [-0.2, -0.15) is 0 Å². The molecule has 2 aliphatic rings. The second-order valence-electron chi connectivity index (χ2n) is 7.36. The lowest BCUT2D eigenvalue weighted by molar-refractivity contribution is -0.117. The van der Waals surface area contributed by atoms with Crippen molar-refractivity contribution < 1.29 is 18.8 Å². The number of carbonyl (C=O) groups excluding carboxylic acids is 3. The highest BCUT2D eigenvalue weighted by Crippen LogP contribution is 2.30. The van der Waals surface area contributed by atoms with E-state index in [1.807, 2.05) is 0 Å². The zero-order valence-corrected chi connectivity index (χ0v) is 15.5. The lowest BCUT2D eigenvalue weighted by Gasteiger charge is -2.31. The lowest BCUT2D eigenvalue weighted by atomic mass is 10.0. The van der Waals surface area contributed by atoms with Crippen LogP contribution >= 0.6 is 0 Å². The highest BCUT2D eigenvalue weighted by Gasteiger charge is 2.30. The van der Waals surface area contributed by atoms with Gasteiger partial charge in [0.1, 0.15) is 0 Å². The summed E-state index contributed by atoms with van der Waals surface area (Å²) >= 11 is 0. The van der Waals surface area contributed by atoms with Gasteiger partial charge in [0.15, 0.2) is 5.76 Å². The van der Waals surface area contributed by atoms with Crippen molar-refractivity contribution in [2.24, 2.45) is 5.92 Å². The molecule has 1 saturated heterocycles. The van der Waals surface area contributed by atoms with E-state index in [0.29, 0.717) is 42.9 Å². The van der Waals surface area contributed by atoms with Crippen molar-refractivity contribution in [2.45, 2.75) is 31.7 Å². The number of likely N-dealkylation sites (tertiary alicyclic amines) is 1. The number of nitrogens with one attached hydrogen (secondary N) is 2. The number of nitrogens with zero attached hydrogens (tertiary/aromatic N) is 1. The van der Waals surface area contributed by atoms with Gasteiger partial charge >= 0.3 is 0 Å². The van der Waals surface area contributed by atoms with Crippen LogP contribution in [0.15, 0.2) is 47.1 Å². The standard InChI is InChI=1S/C21H23N3O4/c25-19(14-6-7-14)23-17-4-1-3-15(13-17)20(26)22-16-8-10-24(11-9-16)21(27)18-5-2-12-28-18/h1-5,12-14,16H,6-11H2,(H,22,26)(H,23,25). The Morgan fingerprint density at radius 2 is 1.79 bits per heavy atom. The largest absolute Gasteiger partial charge is 0.459 e. The Labute approximate surface area is 163 Å². The van der Waals surface area contributed by atoms with Gasteiger partial charge in [-0.15, -0.1) is 0 Å². The average molecular weight is 381 g/mol. The van der Waals surface area contributed by atoms with E-state index in [4.69, 9.17) is 4.42 Å². The van der Waals surface area contributed by atoms with E-state index in [2.05, 4.69) is 10.6 Å². The number of furan rings is 1. The Balaban J connectivity index is 1.29. The molecule has 1 aromatic heterocycles. The van der Waals surface area contributed by atoms with Gasteiger partial charge in [0, 0.05) is 36.3 Å². The van der Waals surface area contributed by atoms with E-state index in [1.54, 1.807) is 41.3 Å². The van der Waals surface area contributed by atoms with Crippen molar-refractivity contribution in [1.29, 1.82) is 0 Å². The summed E-state index contributed by atoms with van der Waals surface area (Å²) < 4.78 is 5.16. The summed E-state index contributed by atoms with van der Waals surface area (Å²) in [7, 11) is 0. The molecule has 7 heteroatoms. The van der Waals surface area contributed by atoms with Gasteiger partial charge in [-0.1, -0.05) is 6.07 Å². The molecular weight excluding hydrogens is 358 g/mol. The number of carbonyl (C=O) groups is 3. The first-order chi connectivity index (χ1) is 13.6. The predicted octanol–water partition coefficient (Wildman–Crippen LogP) is 2.66. The minimum Gasteiger partial charge on any atom is -0.459 e. The van der Waals surface area contributed by atoms with Gasteiger partial charge in [0.05, 0.1) is 6.26 Å². The predicted molar refractivity (Wildman–Crippen MR) is 103 cm³/mol. The Bertz CT molecular complexity index is 866.